The summed E-state index contributed by atoms with van der Waals surface area (Å²) in [5.74, 6) is 0.651. The summed E-state index contributed by atoms with van der Waals surface area (Å²) in [6, 6.07) is 5.89. The molecule has 1 aromatic rings. The molecule has 4 heteroatoms. The van der Waals surface area contributed by atoms with Crippen LogP contribution in [-0.4, -0.2) is 0 Å². The van der Waals surface area contributed by atoms with Gasteiger partial charge in [0.25, 0.3) is 0 Å². The zero-order valence-corrected chi connectivity index (χ0v) is 19.8. The summed E-state index contributed by atoms with van der Waals surface area (Å²) in [6.45, 7) is 0. The van der Waals surface area contributed by atoms with E-state index in [1.54, 1.807) is 12.1 Å². The van der Waals surface area contributed by atoms with Gasteiger partial charge in [0, 0.05) is 0 Å². The molecule has 0 bridgehead atoms. The first-order chi connectivity index (χ1) is 16.0. The second-order valence-corrected chi connectivity index (χ2v) is 10.2. The lowest BCUT2D eigenvalue weighted by Gasteiger charge is -2.30. The predicted octanol–water partition coefficient (Wildman–Crippen LogP) is 9.32. The fourth-order valence-electron chi connectivity index (χ4n) is 5.84. The smallest absolute Gasteiger partial charge is 0.199 e. The molecular weight excluding hydrogens is 419 g/mol. The molecule has 0 unspecified atom stereocenters. The van der Waals surface area contributed by atoms with Crippen molar-refractivity contribution in [2.45, 2.75) is 95.8 Å². The van der Waals surface area contributed by atoms with E-state index in [4.69, 9.17) is 5.26 Å². The summed E-state index contributed by atoms with van der Waals surface area (Å²) in [5.41, 5.74) is 0.962. The van der Waals surface area contributed by atoms with E-state index in [0.29, 0.717) is 5.92 Å². The standard InChI is InChI=1S/C29H38F3N/c30-27(21-33)9-3-1-2-6-22-10-12-23(13-11-22)7-4-5-8-24-14-16-25(17-15-24)26-18-19-28(31)29(32)20-26/h1,3,9,18-20,22-25H,2,4-8,10-17H2. The maximum Gasteiger partial charge on any atom is 0.199 e. The SMILES string of the molecule is N#CC(F)=CC=CCCC1CCC(CCCCC2CCC(c3ccc(F)c(F)c3)CC2)CC1. The second kappa shape index (κ2) is 13.6. The maximum absolute atomic E-state index is 13.5. The van der Waals surface area contributed by atoms with Crippen LogP contribution in [0.1, 0.15) is 101 Å². The molecular formula is C29H38F3N. The van der Waals surface area contributed by atoms with Crippen LogP contribution in [0.2, 0.25) is 0 Å². The molecule has 0 N–H and O–H groups in total. The van der Waals surface area contributed by atoms with E-state index in [1.165, 1.54) is 94.9 Å². The Morgan fingerprint density at radius 3 is 2.00 bits per heavy atom. The number of hydrogen-bond acceptors (Lipinski definition) is 1. The summed E-state index contributed by atoms with van der Waals surface area (Å²) in [6.07, 6.45) is 22.2. The number of nitrogens with zero attached hydrogens (tertiary/aromatic N) is 1. The molecule has 0 radical (unpaired) electrons. The van der Waals surface area contributed by atoms with Crippen LogP contribution >= 0.6 is 0 Å². The molecule has 0 saturated heterocycles. The average Bonchev–Trinajstić information content (AvgIpc) is 2.84. The Morgan fingerprint density at radius 2 is 1.42 bits per heavy atom. The molecule has 0 aliphatic heterocycles. The van der Waals surface area contributed by atoms with E-state index in [9.17, 15) is 13.2 Å². The molecule has 1 aromatic carbocycles. The quantitative estimate of drug-likeness (QED) is 0.195. The third-order valence-corrected chi connectivity index (χ3v) is 7.93. The molecule has 0 atom stereocenters. The van der Waals surface area contributed by atoms with E-state index >= 15 is 0 Å². The van der Waals surface area contributed by atoms with Crippen LogP contribution in [0.15, 0.2) is 42.3 Å². The molecule has 0 aromatic heterocycles. The molecule has 180 valence electrons. The highest BCUT2D eigenvalue weighted by Crippen LogP contribution is 2.39. The first kappa shape index (κ1) is 25.6. The summed E-state index contributed by atoms with van der Waals surface area (Å²) in [5, 5.41) is 8.38. The van der Waals surface area contributed by atoms with Gasteiger partial charge in [-0.3, -0.25) is 0 Å². The van der Waals surface area contributed by atoms with E-state index < -0.39 is 17.5 Å². The van der Waals surface area contributed by atoms with Gasteiger partial charge < -0.3 is 0 Å². The predicted molar refractivity (Wildman–Crippen MR) is 128 cm³/mol. The minimum Gasteiger partial charge on any atom is -0.204 e. The number of hydrogen-bond donors (Lipinski definition) is 0. The molecule has 33 heavy (non-hydrogen) atoms. The maximum atomic E-state index is 13.5. The lowest BCUT2D eigenvalue weighted by atomic mass is 9.76. The van der Waals surface area contributed by atoms with Crippen LogP contribution in [0.25, 0.3) is 0 Å². The minimum atomic E-state index is -0.753. The topological polar surface area (TPSA) is 23.8 Å². The number of rotatable bonds is 10. The lowest BCUT2D eigenvalue weighted by Crippen LogP contribution is -2.15. The van der Waals surface area contributed by atoms with Crippen LogP contribution in [0.3, 0.4) is 0 Å². The summed E-state index contributed by atoms with van der Waals surface area (Å²) in [4.78, 5) is 0. The van der Waals surface area contributed by atoms with Crippen molar-refractivity contribution in [2.75, 3.05) is 0 Å². The van der Waals surface area contributed by atoms with Gasteiger partial charge in [0.05, 0.1) is 0 Å². The van der Waals surface area contributed by atoms with Gasteiger partial charge >= 0.3 is 0 Å². The first-order valence-corrected chi connectivity index (χ1v) is 12.9. The van der Waals surface area contributed by atoms with Crippen molar-refractivity contribution < 1.29 is 13.2 Å². The van der Waals surface area contributed by atoms with Crippen molar-refractivity contribution >= 4 is 0 Å². The fraction of sp³-hybridized carbons (Fsp3) is 0.621. The van der Waals surface area contributed by atoms with Gasteiger partial charge in [-0.15, -0.1) is 0 Å². The van der Waals surface area contributed by atoms with E-state index in [-0.39, 0.29) is 0 Å². The fourth-order valence-corrected chi connectivity index (χ4v) is 5.84. The van der Waals surface area contributed by atoms with Gasteiger partial charge in [0.15, 0.2) is 17.5 Å². The number of nitriles is 1. The Labute approximate surface area is 197 Å². The number of unbranched alkanes of at least 4 members (excludes halogenated alkanes) is 1. The average molecular weight is 458 g/mol. The van der Waals surface area contributed by atoms with E-state index in [0.717, 1.165) is 42.6 Å². The number of allylic oxidation sites excluding steroid dienone is 4. The highest BCUT2D eigenvalue weighted by molar-refractivity contribution is 5.22. The normalized spacial score (nSPS) is 26.4. The van der Waals surface area contributed by atoms with Gasteiger partial charge in [-0.05, 0) is 86.0 Å². The van der Waals surface area contributed by atoms with Crippen molar-refractivity contribution in [2.24, 2.45) is 17.8 Å². The van der Waals surface area contributed by atoms with Crippen LogP contribution in [0.5, 0.6) is 0 Å². The van der Waals surface area contributed by atoms with Gasteiger partial charge in [-0.2, -0.15) is 9.65 Å². The van der Waals surface area contributed by atoms with Gasteiger partial charge in [0.2, 0.25) is 0 Å². The monoisotopic (exact) mass is 457 g/mol. The highest BCUT2D eigenvalue weighted by atomic mass is 19.2. The Bertz CT molecular complexity index is 822. The molecule has 3 rings (SSSR count). The molecule has 0 heterocycles. The lowest BCUT2D eigenvalue weighted by molar-refractivity contribution is 0.244. The molecule has 0 amide bonds. The van der Waals surface area contributed by atoms with Gasteiger partial charge in [0.1, 0.15) is 6.07 Å². The van der Waals surface area contributed by atoms with Crippen LogP contribution < -0.4 is 0 Å². The minimum absolute atomic E-state index is 0.386. The Hall–Kier alpha value is -2.02. The van der Waals surface area contributed by atoms with E-state index in [2.05, 4.69) is 0 Å². The largest absolute Gasteiger partial charge is 0.204 e. The van der Waals surface area contributed by atoms with Gasteiger partial charge in [-0.25, -0.2) is 8.78 Å². The van der Waals surface area contributed by atoms with Crippen molar-refractivity contribution in [1.29, 1.82) is 5.26 Å². The van der Waals surface area contributed by atoms with Crippen molar-refractivity contribution in [3.05, 3.63) is 59.5 Å². The Balaban J connectivity index is 1.22. The van der Waals surface area contributed by atoms with Crippen molar-refractivity contribution in [1.82, 2.24) is 0 Å². The van der Waals surface area contributed by atoms with Crippen molar-refractivity contribution in [3.63, 3.8) is 0 Å². The molecule has 1 nitrogen and oxygen atoms in total. The zero-order chi connectivity index (χ0) is 23.5. The summed E-state index contributed by atoms with van der Waals surface area (Å²) < 4.78 is 39.4. The zero-order valence-electron chi connectivity index (χ0n) is 19.8. The third kappa shape index (κ3) is 8.69. The molecule has 2 saturated carbocycles. The highest BCUT2D eigenvalue weighted by Gasteiger charge is 2.24. The van der Waals surface area contributed by atoms with Gasteiger partial charge in [-0.1, -0.05) is 69.6 Å². The summed E-state index contributed by atoms with van der Waals surface area (Å²) in [7, 11) is 0. The Morgan fingerprint density at radius 1 is 0.848 bits per heavy atom. The summed E-state index contributed by atoms with van der Waals surface area (Å²) >= 11 is 0. The van der Waals surface area contributed by atoms with Crippen LogP contribution in [-0.2, 0) is 0 Å². The molecule has 2 aliphatic carbocycles. The van der Waals surface area contributed by atoms with Crippen molar-refractivity contribution in [3.8, 4) is 6.07 Å². The van der Waals surface area contributed by atoms with Crippen LogP contribution in [0, 0.1) is 40.7 Å². The Kier molecular flexibility index (Phi) is 10.6. The molecule has 2 fully saturated rings. The third-order valence-electron chi connectivity index (χ3n) is 7.93. The van der Waals surface area contributed by atoms with E-state index in [1.807, 2.05) is 6.08 Å². The first-order valence-electron chi connectivity index (χ1n) is 12.9. The molecule has 0 spiro atoms. The number of benzene rings is 1. The van der Waals surface area contributed by atoms with Crippen LogP contribution in [0.4, 0.5) is 13.2 Å². The number of halogens is 3. The second-order valence-electron chi connectivity index (χ2n) is 10.2. The molecule has 2 aliphatic rings.